The predicted octanol–water partition coefficient (Wildman–Crippen LogP) is 3.83. The Labute approximate surface area is 84.5 Å². The number of hydrogen-bond acceptors (Lipinski definition) is 2. The van der Waals surface area contributed by atoms with Crippen LogP contribution in [0.4, 0.5) is 0 Å². The molecule has 2 heteroatoms. The molecule has 1 nitrogen and oxygen atoms in total. The minimum absolute atomic E-state index is 1.10. The van der Waals surface area contributed by atoms with Gasteiger partial charge in [-0.25, -0.2) is 4.98 Å². The van der Waals surface area contributed by atoms with Crippen molar-refractivity contribution >= 4 is 17.4 Å². The highest BCUT2D eigenvalue weighted by Crippen LogP contribution is 2.20. The van der Waals surface area contributed by atoms with E-state index < -0.39 is 0 Å². The fraction of sp³-hybridized carbons (Fsp3) is 0.545. The van der Waals surface area contributed by atoms with E-state index in [-0.39, 0.29) is 0 Å². The fourth-order valence-corrected chi connectivity index (χ4v) is 2.27. The zero-order valence-electron chi connectivity index (χ0n) is 8.63. The molecule has 0 fully saturated rings. The van der Waals surface area contributed by atoms with Gasteiger partial charge in [0.05, 0.1) is 10.7 Å². The summed E-state index contributed by atoms with van der Waals surface area (Å²) in [5, 5.41) is 1.27. The Bertz CT molecular complexity index is 286. The Balaban J connectivity index is 2.77. The van der Waals surface area contributed by atoms with Gasteiger partial charge in [0.25, 0.3) is 0 Å². The standard InChI is InChI=1S/C11H17NS/c1-4-6-8-10-9(3)12-11(13-10)7-5-2/h6,8H,4-5,7H2,1-3H3/b8-6-. The molecule has 0 atom stereocenters. The lowest BCUT2D eigenvalue weighted by Crippen LogP contribution is -1.80. The van der Waals surface area contributed by atoms with E-state index in [1.165, 1.54) is 22.0 Å². The summed E-state index contributed by atoms with van der Waals surface area (Å²) in [6, 6.07) is 0. The van der Waals surface area contributed by atoms with Crippen LogP contribution in [0.25, 0.3) is 6.08 Å². The van der Waals surface area contributed by atoms with Gasteiger partial charge in [-0.05, 0) is 32.3 Å². The van der Waals surface area contributed by atoms with Gasteiger partial charge in [0.1, 0.15) is 0 Å². The van der Waals surface area contributed by atoms with Crippen molar-refractivity contribution in [2.75, 3.05) is 0 Å². The molecule has 72 valence electrons. The first kappa shape index (κ1) is 10.5. The number of rotatable bonds is 4. The molecule has 0 unspecified atom stereocenters. The quantitative estimate of drug-likeness (QED) is 0.711. The smallest absolute Gasteiger partial charge is 0.0934 e. The van der Waals surface area contributed by atoms with Crippen molar-refractivity contribution in [2.45, 2.75) is 40.0 Å². The van der Waals surface area contributed by atoms with Crippen molar-refractivity contribution in [1.29, 1.82) is 0 Å². The van der Waals surface area contributed by atoms with Gasteiger partial charge in [-0.15, -0.1) is 11.3 Å². The van der Waals surface area contributed by atoms with Gasteiger partial charge in [0.15, 0.2) is 0 Å². The molecule has 1 rings (SSSR count). The van der Waals surface area contributed by atoms with Gasteiger partial charge in [-0.2, -0.15) is 0 Å². The van der Waals surface area contributed by atoms with Crippen LogP contribution in [0, 0.1) is 6.92 Å². The summed E-state index contributed by atoms with van der Waals surface area (Å²) in [5.41, 5.74) is 1.18. The van der Waals surface area contributed by atoms with E-state index in [0.29, 0.717) is 0 Å². The van der Waals surface area contributed by atoms with Gasteiger partial charge < -0.3 is 0 Å². The normalized spacial score (nSPS) is 11.3. The first-order valence-electron chi connectivity index (χ1n) is 4.90. The summed E-state index contributed by atoms with van der Waals surface area (Å²) in [4.78, 5) is 5.84. The maximum absolute atomic E-state index is 4.52. The highest BCUT2D eigenvalue weighted by molar-refractivity contribution is 7.12. The lowest BCUT2D eigenvalue weighted by Gasteiger charge is -1.85. The molecule has 0 spiro atoms. The molecule has 0 amide bonds. The maximum Gasteiger partial charge on any atom is 0.0934 e. The third-order valence-electron chi connectivity index (χ3n) is 1.85. The monoisotopic (exact) mass is 195 g/mol. The number of nitrogens with zero attached hydrogens (tertiary/aromatic N) is 1. The number of thiazole rings is 1. The second kappa shape index (κ2) is 5.18. The molecule has 0 saturated heterocycles. The van der Waals surface area contributed by atoms with Crippen LogP contribution in [0.3, 0.4) is 0 Å². The lowest BCUT2D eigenvalue weighted by molar-refractivity contribution is 0.903. The van der Waals surface area contributed by atoms with E-state index in [9.17, 15) is 0 Å². The molecule has 0 radical (unpaired) electrons. The molecule has 13 heavy (non-hydrogen) atoms. The summed E-state index contributed by atoms with van der Waals surface area (Å²) in [7, 11) is 0. The Kier molecular flexibility index (Phi) is 4.16. The first-order valence-corrected chi connectivity index (χ1v) is 5.72. The number of hydrogen-bond donors (Lipinski definition) is 0. The van der Waals surface area contributed by atoms with Gasteiger partial charge in [0, 0.05) is 4.88 Å². The summed E-state index contributed by atoms with van der Waals surface area (Å²) >= 11 is 1.83. The van der Waals surface area contributed by atoms with Crippen molar-refractivity contribution in [3.8, 4) is 0 Å². The Morgan fingerprint density at radius 3 is 2.77 bits per heavy atom. The van der Waals surface area contributed by atoms with Crippen LogP contribution < -0.4 is 0 Å². The van der Waals surface area contributed by atoms with Crippen LogP contribution in [0.2, 0.25) is 0 Å². The van der Waals surface area contributed by atoms with Crippen molar-refractivity contribution < 1.29 is 0 Å². The Morgan fingerprint density at radius 1 is 1.38 bits per heavy atom. The van der Waals surface area contributed by atoms with Gasteiger partial charge in [-0.3, -0.25) is 0 Å². The van der Waals surface area contributed by atoms with Gasteiger partial charge in [-0.1, -0.05) is 19.9 Å². The van der Waals surface area contributed by atoms with Crippen LogP contribution >= 0.6 is 11.3 Å². The average molecular weight is 195 g/mol. The highest BCUT2D eigenvalue weighted by Gasteiger charge is 2.02. The molecular weight excluding hydrogens is 178 g/mol. The molecule has 1 aromatic rings. The summed E-state index contributed by atoms with van der Waals surface area (Å²) in [5.74, 6) is 0. The van der Waals surface area contributed by atoms with E-state index in [2.05, 4.69) is 37.9 Å². The Morgan fingerprint density at radius 2 is 2.15 bits per heavy atom. The zero-order valence-corrected chi connectivity index (χ0v) is 9.45. The molecule has 1 heterocycles. The van der Waals surface area contributed by atoms with E-state index in [1.54, 1.807) is 0 Å². The molecule has 1 aromatic heterocycles. The SMILES string of the molecule is CC/C=C\c1sc(CCC)nc1C. The summed E-state index contributed by atoms with van der Waals surface area (Å²) in [6.07, 6.45) is 7.78. The fourth-order valence-electron chi connectivity index (χ4n) is 1.17. The van der Waals surface area contributed by atoms with Crippen LogP contribution in [-0.2, 0) is 6.42 Å². The third-order valence-corrected chi connectivity index (χ3v) is 3.03. The minimum atomic E-state index is 1.10. The first-order chi connectivity index (χ1) is 6.27. The van der Waals surface area contributed by atoms with Crippen LogP contribution in [-0.4, -0.2) is 4.98 Å². The van der Waals surface area contributed by atoms with E-state index in [0.717, 1.165) is 12.8 Å². The third kappa shape index (κ3) is 2.96. The number of aromatic nitrogens is 1. The largest absolute Gasteiger partial charge is 0.246 e. The molecule has 0 aliphatic rings. The molecule has 0 N–H and O–H groups in total. The maximum atomic E-state index is 4.52. The second-order valence-corrected chi connectivity index (χ2v) is 4.23. The van der Waals surface area contributed by atoms with E-state index in [1.807, 2.05) is 11.3 Å². The highest BCUT2D eigenvalue weighted by atomic mass is 32.1. The van der Waals surface area contributed by atoms with Crippen molar-refractivity contribution in [1.82, 2.24) is 4.98 Å². The minimum Gasteiger partial charge on any atom is -0.246 e. The van der Waals surface area contributed by atoms with E-state index in [4.69, 9.17) is 0 Å². The number of allylic oxidation sites excluding steroid dienone is 1. The molecule has 0 bridgehead atoms. The average Bonchev–Trinajstić information content (AvgIpc) is 2.44. The van der Waals surface area contributed by atoms with Crippen molar-refractivity contribution in [3.05, 3.63) is 21.7 Å². The molecule has 0 aliphatic carbocycles. The molecular formula is C11H17NS. The summed E-state index contributed by atoms with van der Waals surface area (Å²) in [6.45, 7) is 6.43. The molecule has 0 aromatic carbocycles. The van der Waals surface area contributed by atoms with Crippen LogP contribution in [0.15, 0.2) is 6.08 Å². The Hall–Kier alpha value is -0.630. The van der Waals surface area contributed by atoms with Crippen LogP contribution in [0.5, 0.6) is 0 Å². The second-order valence-electron chi connectivity index (χ2n) is 3.12. The van der Waals surface area contributed by atoms with Crippen molar-refractivity contribution in [2.24, 2.45) is 0 Å². The van der Waals surface area contributed by atoms with E-state index >= 15 is 0 Å². The summed E-state index contributed by atoms with van der Waals surface area (Å²) < 4.78 is 0. The van der Waals surface area contributed by atoms with Gasteiger partial charge >= 0.3 is 0 Å². The number of aryl methyl sites for hydroxylation is 2. The molecule has 0 saturated carbocycles. The van der Waals surface area contributed by atoms with Crippen molar-refractivity contribution in [3.63, 3.8) is 0 Å². The lowest BCUT2D eigenvalue weighted by atomic mass is 10.3. The van der Waals surface area contributed by atoms with Gasteiger partial charge in [0.2, 0.25) is 0 Å². The predicted molar refractivity (Wildman–Crippen MR) is 60.2 cm³/mol. The topological polar surface area (TPSA) is 12.9 Å². The zero-order chi connectivity index (χ0) is 9.68. The van der Waals surface area contributed by atoms with Crippen LogP contribution in [0.1, 0.15) is 42.3 Å². The molecule has 0 aliphatic heterocycles.